The molecule has 2 saturated carbocycles. The molecular weight excluding hydrogens is 362 g/mol. The molecule has 1 aromatic heterocycles. The Morgan fingerprint density at radius 3 is 2.62 bits per heavy atom. The number of ketones is 1. The Kier molecular flexibility index (Phi) is 4.96. The second kappa shape index (κ2) is 7.75. The minimum atomic E-state index is 0.330. The molecule has 6 nitrogen and oxygen atoms in total. The van der Waals surface area contributed by atoms with Crippen molar-refractivity contribution in [2.75, 3.05) is 10.6 Å². The van der Waals surface area contributed by atoms with E-state index in [4.69, 9.17) is 10.7 Å². The van der Waals surface area contributed by atoms with Gasteiger partial charge in [-0.3, -0.25) is 4.79 Å². The summed E-state index contributed by atoms with van der Waals surface area (Å²) in [4.78, 5) is 21.1. The van der Waals surface area contributed by atoms with E-state index < -0.39 is 0 Å². The van der Waals surface area contributed by atoms with Crippen LogP contribution < -0.4 is 16.4 Å². The number of hydrogen-bond acceptors (Lipinski definition) is 6. The van der Waals surface area contributed by atoms with Crippen LogP contribution in [0.5, 0.6) is 0 Å². The minimum absolute atomic E-state index is 0.330. The van der Waals surface area contributed by atoms with Gasteiger partial charge < -0.3 is 16.4 Å². The minimum Gasteiger partial charge on any atom is -0.367 e. The van der Waals surface area contributed by atoms with Crippen LogP contribution in [0.25, 0.3) is 0 Å². The predicted molar refractivity (Wildman–Crippen MR) is 115 cm³/mol. The van der Waals surface area contributed by atoms with Crippen molar-refractivity contribution in [1.82, 2.24) is 9.97 Å². The average molecular weight is 392 g/mol. The lowest BCUT2D eigenvalue weighted by molar-refractivity contribution is -0.118. The number of nitrogens with one attached hydrogen (secondary N) is 2. The molecular formula is C23H29N5O. The van der Waals surface area contributed by atoms with Crippen LogP contribution in [0.4, 0.5) is 17.5 Å². The van der Waals surface area contributed by atoms with Crippen molar-refractivity contribution in [2.24, 2.45) is 5.73 Å². The summed E-state index contributed by atoms with van der Waals surface area (Å²) >= 11 is 0. The SMILES string of the molecule is NC1CCC(Nc2nc(Nc3ccc4c(c3)CCC(=O)C4)ncc2C2CC2)CC1. The Labute approximate surface area is 171 Å². The normalized spacial score (nSPS) is 24.1. The van der Waals surface area contributed by atoms with Crippen LogP contribution in [0.3, 0.4) is 0 Å². The maximum Gasteiger partial charge on any atom is 0.229 e. The summed E-state index contributed by atoms with van der Waals surface area (Å²) in [6.45, 7) is 0. The largest absolute Gasteiger partial charge is 0.367 e. The summed E-state index contributed by atoms with van der Waals surface area (Å²) < 4.78 is 0. The molecule has 0 aliphatic heterocycles. The molecule has 5 rings (SSSR count). The van der Waals surface area contributed by atoms with Crippen LogP contribution in [-0.4, -0.2) is 27.8 Å². The quantitative estimate of drug-likeness (QED) is 0.717. The van der Waals surface area contributed by atoms with Gasteiger partial charge in [-0.2, -0.15) is 4.98 Å². The number of fused-ring (bicyclic) bond motifs is 1. The first-order valence-electron chi connectivity index (χ1n) is 10.9. The van der Waals surface area contributed by atoms with E-state index in [9.17, 15) is 4.79 Å². The van der Waals surface area contributed by atoms with Crippen molar-refractivity contribution in [1.29, 1.82) is 0 Å². The van der Waals surface area contributed by atoms with Crippen molar-refractivity contribution >= 4 is 23.2 Å². The summed E-state index contributed by atoms with van der Waals surface area (Å²) in [5, 5.41) is 7.06. The second-order valence-corrected chi connectivity index (χ2v) is 8.85. The summed E-state index contributed by atoms with van der Waals surface area (Å²) in [5.41, 5.74) is 10.7. The van der Waals surface area contributed by atoms with Crippen molar-refractivity contribution < 1.29 is 4.79 Å². The Bertz CT molecular complexity index is 915. The molecule has 0 spiro atoms. The zero-order chi connectivity index (χ0) is 19.8. The first-order chi connectivity index (χ1) is 14.1. The number of aromatic nitrogens is 2. The van der Waals surface area contributed by atoms with E-state index in [2.05, 4.69) is 27.8 Å². The molecule has 2 fully saturated rings. The average Bonchev–Trinajstić information content (AvgIpc) is 3.55. The fourth-order valence-corrected chi connectivity index (χ4v) is 4.53. The van der Waals surface area contributed by atoms with E-state index in [1.165, 1.54) is 24.0 Å². The van der Waals surface area contributed by atoms with E-state index >= 15 is 0 Å². The van der Waals surface area contributed by atoms with Crippen LogP contribution in [0.2, 0.25) is 0 Å². The number of Topliss-reactive ketones (excluding diaryl/α,β-unsaturated/α-hetero) is 1. The third-order valence-electron chi connectivity index (χ3n) is 6.47. The zero-order valence-corrected chi connectivity index (χ0v) is 16.8. The lowest BCUT2D eigenvalue weighted by Crippen LogP contribution is -2.33. The van der Waals surface area contributed by atoms with Gasteiger partial charge in [0.2, 0.25) is 5.95 Å². The van der Waals surface area contributed by atoms with Crippen LogP contribution in [0.15, 0.2) is 24.4 Å². The lowest BCUT2D eigenvalue weighted by Gasteiger charge is -2.28. The Balaban J connectivity index is 1.34. The van der Waals surface area contributed by atoms with Gasteiger partial charge in [0.1, 0.15) is 11.6 Å². The van der Waals surface area contributed by atoms with Crippen molar-refractivity contribution in [2.45, 2.75) is 75.8 Å². The smallest absolute Gasteiger partial charge is 0.229 e. The van der Waals surface area contributed by atoms with Gasteiger partial charge in [0.05, 0.1) is 0 Å². The van der Waals surface area contributed by atoms with E-state index in [0.29, 0.717) is 42.6 Å². The molecule has 0 amide bonds. The van der Waals surface area contributed by atoms with E-state index in [0.717, 1.165) is 49.2 Å². The molecule has 3 aliphatic carbocycles. The molecule has 2 aromatic rings. The maximum atomic E-state index is 11.7. The summed E-state index contributed by atoms with van der Waals surface area (Å²) in [7, 11) is 0. The third kappa shape index (κ3) is 4.27. The summed E-state index contributed by atoms with van der Waals surface area (Å²) in [6.07, 6.45) is 10.8. The Morgan fingerprint density at radius 2 is 1.83 bits per heavy atom. The molecule has 0 atom stereocenters. The molecule has 1 heterocycles. The molecule has 0 saturated heterocycles. The van der Waals surface area contributed by atoms with E-state index in [-0.39, 0.29) is 0 Å². The zero-order valence-electron chi connectivity index (χ0n) is 16.8. The molecule has 4 N–H and O–H groups in total. The molecule has 3 aliphatic rings. The van der Waals surface area contributed by atoms with Gasteiger partial charge in [0, 0.05) is 42.4 Å². The monoisotopic (exact) mass is 391 g/mol. The maximum absolute atomic E-state index is 11.7. The van der Waals surface area contributed by atoms with Gasteiger partial charge in [-0.25, -0.2) is 4.98 Å². The number of hydrogen-bond donors (Lipinski definition) is 3. The number of rotatable bonds is 5. The topological polar surface area (TPSA) is 92.9 Å². The van der Waals surface area contributed by atoms with Gasteiger partial charge in [0.25, 0.3) is 0 Å². The molecule has 1 aromatic carbocycles. The Morgan fingerprint density at radius 1 is 1.00 bits per heavy atom. The number of nitrogens with zero attached hydrogens (tertiary/aromatic N) is 2. The van der Waals surface area contributed by atoms with E-state index in [1.807, 2.05) is 12.3 Å². The first kappa shape index (κ1) is 18.6. The second-order valence-electron chi connectivity index (χ2n) is 8.85. The standard InChI is InChI=1S/C23H29N5O/c24-17-5-8-18(9-6-17)26-22-21(14-1-2-14)13-25-23(28-22)27-19-7-3-16-12-20(29)10-4-15(16)11-19/h3,7,11,13-14,17-18H,1-2,4-6,8-10,12,24H2,(H2,25,26,27,28). The van der Waals surface area contributed by atoms with Crippen LogP contribution in [-0.2, 0) is 17.6 Å². The molecule has 0 bridgehead atoms. The number of nitrogens with two attached hydrogens (primary N) is 1. The molecule has 6 heteroatoms. The van der Waals surface area contributed by atoms with E-state index in [1.54, 1.807) is 0 Å². The van der Waals surface area contributed by atoms with Gasteiger partial charge in [0.15, 0.2) is 0 Å². The number of aryl methyl sites for hydroxylation is 1. The summed E-state index contributed by atoms with van der Waals surface area (Å²) in [5.74, 6) is 2.53. The highest BCUT2D eigenvalue weighted by Crippen LogP contribution is 2.43. The van der Waals surface area contributed by atoms with Gasteiger partial charge >= 0.3 is 0 Å². The first-order valence-corrected chi connectivity index (χ1v) is 10.9. The molecule has 152 valence electrons. The molecule has 0 radical (unpaired) electrons. The lowest BCUT2D eigenvalue weighted by atomic mass is 9.90. The van der Waals surface area contributed by atoms with Gasteiger partial charge in [-0.05, 0) is 74.1 Å². The fourth-order valence-electron chi connectivity index (χ4n) is 4.53. The highest BCUT2D eigenvalue weighted by atomic mass is 16.1. The highest BCUT2D eigenvalue weighted by Gasteiger charge is 2.29. The summed E-state index contributed by atoms with van der Waals surface area (Å²) in [6, 6.07) is 6.99. The van der Waals surface area contributed by atoms with Crippen LogP contribution in [0, 0.1) is 0 Å². The fraction of sp³-hybridized carbons (Fsp3) is 0.522. The molecule has 29 heavy (non-hydrogen) atoms. The number of carbonyl (C=O) groups excluding carboxylic acids is 1. The number of benzene rings is 1. The van der Waals surface area contributed by atoms with Crippen molar-refractivity contribution in [3.8, 4) is 0 Å². The van der Waals surface area contributed by atoms with Crippen molar-refractivity contribution in [3.05, 3.63) is 41.1 Å². The van der Waals surface area contributed by atoms with Crippen LogP contribution in [0.1, 0.15) is 67.6 Å². The van der Waals surface area contributed by atoms with Crippen LogP contribution >= 0.6 is 0 Å². The Hall–Kier alpha value is -2.47. The number of anilines is 3. The molecule has 0 unspecified atom stereocenters. The predicted octanol–water partition coefficient (Wildman–Crippen LogP) is 3.84. The van der Waals surface area contributed by atoms with Gasteiger partial charge in [-0.15, -0.1) is 0 Å². The van der Waals surface area contributed by atoms with Crippen molar-refractivity contribution in [3.63, 3.8) is 0 Å². The highest BCUT2D eigenvalue weighted by molar-refractivity contribution is 5.83. The van der Waals surface area contributed by atoms with Gasteiger partial charge in [-0.1, -0.05) is 6.07 Å². The third-order valence-corrected chi connectivity index (χ3v) is 6.47. The number of carbonyl (C=O) groups is 1.